The number of phenols is 1. The Labute approximate surface area is 82.0 Å². The Morgan fingerprint density at radius 3 is 2.71 bits per heavy atom. The summed E-state index contributed by atoms with van der Waals surface area (Å²) in [4.78, 5) is 10.6. The largest absolute Gasteiger partial charge is 0.507 e. The number of para-hydroxylation sites is 1. The molecule has 0 saturated carbocycles. The van der Waals surface area contributed by atoms with Gasteiger partial charge >= 0.3 is 5.97 Å². The number of carbonyl (C=O) groups is 1. The monoisotopic (exact) mass is 195 g/mol. The molecule has 0 aliphatic heterocycles. The molecule has 76 valence electrons. The second-order valence-electron chi connectivity index (χ2n) is 3.02. The SMILES string of the molecule is CCc1cccc([C@@H](N)C(=O)O)c1O. The molecule has 1 aromatic rings. The number of aromatic hydroxyl groups is 1. The Balaban J connectivity index is 3.15. The number of aryl methyl sites for hydroxylation is 1. The van der Waals surface area contributed by atoms with Crippen LogP contribution >= 0.6 is 0 Å². The lowest BCUT2D eigenvalue weighted by Crippen LogP contribution is -2.20. The molecule has 4 heteroatoms. The van der Waals surface area contributed by atoms with Crippen molar-refractivity contribution in [3.63, 3.8) is 0 Å². The summed E-state index contributed by atoms with van der Waals surface area (Å²) in [5.74, 6) is -1.15. The minimum Gasteiger partial charge on any atom is -0.507 e. The van der Waals surface area contributed by atoms with Crippen LogP contribution in [0.2, 0.25) is 0 Å². The summed E-state index contributed by atoms with van der Waals surface area (Å²) in [7, 11) is 0. The molecule has 0 fully saturated rings. The molecular formula is C10H13NO3. The Morgan fingerprint density at radius 2 is 2.21 bits per heavy atom. The number of hydrogen-bond donors (Lipinski definition) is 3. The third-order valence-corrected chi connectivity index (χ3v) is 2.13. The highest BCUT2D eigenvalue weighted by atomic mass is 16.4. The zero-order chi connectivity index (χ0) is 10.7. The van der Waals surface area contributed by atoms with Gasteiger partial charge in [0.2, 0.25) is 0 Å². The van der Waals surface area contributed by atoms with Crippen LogP contribution in [0.1, 0.15) is 24.1 Å². The normalized spacial score (nSPS) is 12.4. The second kappa shape index (κ2) is 4.11. The van der Waals surface area contributed by atoms with Crippen molar-refractivity contribution in [1.29, 1.82) is 0 Å². The average Bonchev–Trinajstić information content (AvgIpc) is 2.17. The minimum atomic E-state index is -1.17. The highest BCUT2D eigenvalue weighted by Crippen LogP contribution is 2.27. The van der Waals surface area contributed by atoms with E-state index in [-0.39, 0.29) is 11.3 Å². The van der Waals surface area contributed by atoms with Crippen LogP contribution in [0.15, 0.2) is 18.2 Å². The maximum Gasteiger partial charge on any atom is 0.325 e. The zero-order valence-corrected chi connectivity index (χ0v) is 7.90. The van der Waals surface area contributed by atoms with Crippen LogP contribution in [0.3, 0.4) is 0 Å². The molecule has 4 nitrogen and oxygen atoms in total. The number of carboxylic acids is 1. The van der Waals surface area contributed by atoms with Crippen molar-refractivity contribution in [3.05, 3.63) is 29.3 Å². The van der Waals surface area contributed by atoms with Crippen molar-refractivity contribution in [2.24, 2.45) is 5.73 Å². The van der Waals surface area contributed by atoms with Gasteiger partial charge in [0, 0.05) is 5.56 Å². The third kappa shape index (κ3) is 1.85. The van der Waals surface area contributed by atoms with E-state index < -0.39 is 12.0 Å². The second-order valence-corrected chi connectivity index (χ2v) is 3.02. The van der Waals surface area contributed by atoms with Crippen LogP contribution in [0.5, 0.6) is 5.75 Å². The topological polar surface area (TPSA) is 83.6 Å². The summed E-state index contributed by atoms with van der Waals surface area (Å²) in [5, 5.41) is 18.4. The maximum absolute atomic E-state index is 10.6. The summed E-state index contributed by atoms with van der Waals surface area (Å²) >= 11 is 0. The summed E-state index contributed by atoms with van der Waals surface area (Å²) < 4.78 is 0. The van der Waals surface area contributed by atoms with Gasteiger partial charge in [-0.25, -0.2) is 0 Å². The van der Waals surface area contributed by atoms with Gasteiger partial charge < -0.3 is 15.9 Å². The van der Waals surface area contributed by atoms with E-state index in [1.54, 1.807) is 12.1 Å². The number of aliphatic carboxylic acids is 1. The molecule has 1 rings (SSSR count). The first-order chi connectivity index (χ1) is 6.57. The first-order valence-electron chi connectivity index (χ1n) is 4.37. The maximum atomic E-state index is 10.6. The molecule has 0 heterocycles. The van der Waals surface area contributed by atoms with Crippen LogP contribution in [-0.4, -0.2) is 16.2 Å². The van der Waals surface area contributed by atoms with Crippen molar-refractivity contribution in [3.8, 4) is 5.75 Å². The number of phenolic OH excluding ortho intramolecular Hbond substituents is 1. The number of carboxylic acid groups (broad SMARTS) is 1. The Hall–Kier alpha value is -1.55. The number of benzene rings is 1. The van der Waals surface area contributed by atoms with E-state index in [2.05, 4.69) is 0 Å². The van der Waals surface area contributed by atoms with E-state index in [1.807, 2.05) is 6.92 Å². The molecule has 0 aliphatic carbocycles. The molecule has 0 aliphatic rings. The predicted molar refractivity (Wildman–Crippen MR) is 52.0 cm³/mol. The highest BCUT2D eigenvalue weighted by Gasteiger charge is 2.18. The number of nitrogens with two attached hydrogens (primary N) is 1. The third-order valence-electron chi connectivity index (χ3n) is 2.13. The van der Waals surface area contributed by atoms with E-state index in [0.717, 1.165) is 0 Å². The van der Waals surface area contributed by atoms with E-state index in [0.29, 0.717) is 12.0 Å². The molecule has 0 spiro atoms. The van der Waals surface area contributed by atoms with Gasteiger partial charge in [0.1, 0.15) is 11.8 Å². The average molecular weight is 195 g/mol. The lowest BCUT2D eigenvalue weighted by Gasteiger charge is -2.11. The smallest absolute Gasteiger partial charge is 0.325 e. The van der Waals surface area contributed by atoms with Crippen LogP contribution in [-0.2, 0) is 11.2 Å². The van der Waals surface area contributed by atoms with Crippen LogP contribution in [0.4, 0.5) is 0 Å². The van der Waals surface area contributed by atoms with E-state index in [1.165, 1.54) is 6.07 Å². The van der Waals surface area contributed by atoms with Gasteiger partial charge in [-0.15, -0.1) is 0 Å². The Bertz CT molecular complexity index is 349. The van der Waals surface area contributed by atoms with Gasteiger partial charge in [-0.3, -0.25) is 4.79 Å². The molecule has 1 aromatic carbocycles. The van der Waals surface area contributed by atoms with Crippen LogP contribution < -0.4 is 5.73 Å². The fourth-order valence-corrected chi connectivity index (χ4v) is 1.28. The minimum absolute atomic E-state index is 0.00935. The van der Waals surface area contributed by atoms with Gasteiger partial charge in [-0.1, -0.05) is 25.1 Å². The van der Waals surface area contributed by atoms with Crippen LogP contribution in [0, 0.1) is 0 Å². The molecule has 4 N–H and O–H groups in total. The molecule has 0 saturated heterocycles. The zero-order valence-electron chi connectivity index (χ0n) is 7.90. The van der Waals surface area contributed by atoms with Crippen molar-refractivity contribution in [1.82, 2.24) is 0 Å². The predicted octanol–water partition coefficient (Wildman–Crippen LogP) is 1.04. The number of rotatable bonds is 3. The van der Waals surface area contributed by atoms with Crippen molar-refractivity contribution < 1.29 is 15.0 Å². The fraction of sp³-hybridized carbons (Fsp3) is 0.300. The summed E-state index contributed by atoms with van der Waals surface area (Å²) in [5.41, 5.74) is 6.37. The first-order valence-corrected chi connectivity index (χ1v) is 4.37. The number of hydrogen-bond acceptors (Lipinski definition) is 3. The molecule has 0 bridgehead atoms. The van der Waals surface area contributed by atoms with Crippen molar-refractivity contribution >= 4 is 5.97 Å². The van der Waals surface area contributed by atoms with E-state index in [4.69, 9.17) is 10.8 Å². The van der Waals surface area contributed by atoms with Gasteiger partial charge in [0.15, 0.2) is 0 Å². The quantitative estimate of drug-likeness (QED) is 0.672. The lowest BCUT2D eigenvalue weighted by molar-refractivity contribution is -0.138. The van der Waals surface area contributed by atoms with Gasteiger partial charge in [0.05, 0.1) is 0 Å². The van der Waals surface area contributed by atoms with Crippen LogP contribution in [0.25, 0.3) is 0 Å². The summed E-state index contributed by atoms with van der Waals surface area (Å²) in [6.45, 7) is 1.88. The van der Waals surface area contributed by atoms with Gasteiger partial charge in [-0.05, 0) is 12.0 Å². The highest BCUT2D eigenvalue weighted by molar-refractivity contribution is 5.76. The molecule has 14 heavy (non-hydrogen) atoms. The molecular weight excluding hydrogens is 182 g/mol. The first kappa shape index (κ1) is 10.5. The molecule has 0 amide bonds. The summed E-state index contributed by atoms with van der Waals surface area (Å²) in [6, 6.07) is 3.79. The molecule has 0 unspecified atom stereocenters. The summed E-state index contributed by atoms with van der Waals surface area (Å²) in [6.07, 6.45) is 0.645. The van der Waals surface area contributed by atoms with Crippen molar-refractivity contribution in [2.75, 3.05) is 0 Å². The lowest BCUT2D eigenvalue weighted by atomic mass is 10.0. The van der Waals surface area contributed by atoms with E-state index in [9.17, 15) is 9.90 Å². The standard InChI is InChI=1S/C10H13NO3/c1-2-6-4-3-5-7(9(6)12)8(11)10(13)14/h3-5,8,12H,2,11H2,1H3,(H,13,14)/t8-/m1/s1. The van der Waals surface area contributed by atoms with Gasteiger partial charge in [0.25, 0.3) is 0 Å². The fourth-order valence-electron chi connectivity index (χ4n) is 1.28. The van der Waals surface area contributed by atoms with Gasteiger partial charge in [-0.2, -0.15) is 0 Å². The Morgan fingerprint density at radius 1 is 1.57 bits per heavy atom. The Kier molecular flexibility index (Phi) is 3.09. The molecule has 0 radical (unpaired) electrons. The van der Waals surface area contributed by atoms with Crippen molar-refractivity contribution in [2.45, 2.75) is 19.4 Å². The van der Waals surface area contributed by atoms with E-state index >= 15 is 0 Å². The molecule has 0 aromatic heterocycles. The molecule has 1 atom stereocenters.